The molecule has 1 amide bonds. The lowest BCUT2D eigenvalue weighted by atomic mass is 10.1. The predicted molar refractivity (Wildman–Crippen MR) is 106 cm³/mol. The maximum absolute atomic E-state index is 12.3. The van der Waals surface area contributed by atoms with Gasteiger partial charge in [0.25, 0.3) is 0 Å². The van der Waals surface area contributed by atoms with E-state index in [0.29, 0.717) is 6.54 Å². The Morgan fingerprint density at radius 3 is 2.46 bits per heavy atom. The largest absolute Gasteiger partial charge is 0.355 e. The summed E-state index contributed by atoms with van der Waals surface area (Å²) in [6, 6.07) is 22.0. The van der Waals surface area contributed by atoms with E-state index in [0.717, 1.165) is 22.7 Å². The van der Waals surface area contributed by atoms with Gasteiger partial charge in [0.2, 0.25) is 5.91 Å². The van der Waals surface area contributed by atoms with Gasteiger partial charge in [0, 0.05) is 12.1 Å². The first-order valence-corrected chi connectivity index (χ1v) is 9.46. The number of nitrogens with zero attached hydrogens (tertiary/aromatic N) is 2. The van der Waals surface area contributed by atoms with E-state index >= 15 is 0 Å². The van der Waals surface area contributed by atoms with Crippen LogP contribution in [0.5, 0.6) is 0 Å². The van der Waals surface area contributed by atoms with Crippen molar-refractivity contribution in [3.63, 3.8) is 0 Å². The molecule has 2 aromatic carbocycles. The fourth-order valence-electron chi connectivity index (χ4n) is 2.52. The van der Waals surface area contributed by atoms with Crippen molar-refractivity contribution in [3.8, 4) is 11.3 Å². The van der Waals surface area contributed by atoms with Crippen molar-refractivity contribution < 1.29 is 4.79 Å². The van der Waals surface area contributed by atoms with Gasteiger partial charge in [-0.1, -0.05) is 72.4 Å². The summed E-state index contributed by atoms with van der Waals surface area (Å²) in [5.41, 5.74) is 3.12. The summed E-state index contributed by atoms with van der Waals surface area (Å²) in [5, 5.41) is 3.57. The van der Waals surface area contributed by atoms with Crippen LogP contribution in [0.1, 0.15) is 12.5 Å². The Kier molecular flexibility index (Phi) is 6.39. The molecule has 1 aromatic heterocycles. The average molecular weight is 363 g/mol. The smallest absolute Gasteiger partial charge is 0.233 e. The molecule has 132 valence electrons. The van der Waals surface area contributed by atoms with Crippen molar-refractivity contribution in [2.24, 2.45) is 0 Å². The van der Waals surface area contributed by atoms with Crippen LogP contribution in [-0.4, -0.2) is 27.7 Å². The third-order valence-electron chi connectivity index (χ3n) is 3.93. The quantitative estimate of drug-likeness (QED) is 0.509. The Labute approximate surface area is 158 Å². The molecule has 0 saturated carbocycles. The molecule has 1 unspecified atom stereocenters. The summed E-state index contributed by atoms with van der Waals surface area (Å²) < 4.78 is 0. The molecule has 0 saturated heterocycles. The third kappa shape index (κ3) is 5.17. The highest BCUT2D eigenvalue weighted by Crippen LogP contribution is 2.25. The normalized spacial score (nSPS) is 11.7. The molecule has 0 bridgehead atoms. The third-order valence-corrected chi connectivity index (χ3v) is 4.97. The minimum Gasteiger partial charge on any atom is -0.355 e. The number of carbonyl (C=O) groups is 1. The summed E-state index contributed by atoms with van der Waals surface area (Å²) in [6.45, 7) is 2.53. The van der Waals surface area contributed by atoms with Gasteiger partial charge in [-0.25, -0.2) is 9.97 Å². The molecule has 0 fully saturated rings. The van der Waals surface area contributed by atoms with Crippen LogP contribution in [0.15, 0.2) is 78.1 Å². The average Bonchev–Trinajstić information content (AvgIpc) is 2.69. The Morgan fingerprint density at radius 2 is 1.73 bits per heavy atom. The number of hydrogen-bond acceptors (Lipinski definition) is 4. The zero-order valence-corrected chi connectivity index (χ0v) is 15.4. The molecule has 0 aliphatic carbocycles. The lowest BCUT2D eigenvalue weighted by molar-refractivity contribution is -0.120. The topological polar surface area (TPSA) is 54.9 Å². The predicted octanol–water partition coefficient (Wildman–Crippen LogP) is 3.98. The monoisotopic (exact) mass is 363 g/mol. The first-order chi connectivity index (χ1) is 12.7. The molecule has 0 aliphatic rings. The first kappa shape index (κ1) is 18.1. The second-order valence-corrected chi connectivity index (χ2v) is 7.26. The van der Waals surface area contributed by atoms with Gasteiger partial charge >= 0.3 is 0 Å². The molecule has 26 heavy (non-hydrogen) atoms. The van der Waals surface area contributed by atoms with E-state index in [4.69, 9.17) is 0 Å². The van der Waals surface area contributed by atoms with Gasteiger partial charge < -0.3 is 5.32 Å². The standard InChI is InChI=1S/C21H21N3OS/c1-16(21(25)22-13-12-17-8-4-2-5-9-17)26-20-14-19(23-15-24-20)18-10-6-3-7-11-18/h2-11,14-16H,12-13H2,1H3,(H,22,25). The lowest BCUT2D eigenvalue weighted by Gasteiger charge is -2.12. The van der Waals surface area contributed by atoms with Crippen molar-refractivity contribution in [1.82, 2.24) is 15.3 Å². The first-order valence-electron chi connectivity index (χ1n) is 8.58. The maximum Gasteiger partial charge on any atom is 0.233 e. The van der Waals surface area contributed by atoms with E-state index in [1.807, 2.05) is 61.5 Å². The van der Waals surface area contributed by atoms with Crippen LogP contribution in [0.4, 0.5) is 0 Å². The van der Waals surface area contributed by atoms with Gasteiger partial charge in [-0.2, -0.15) is 0 Å². The van der Waals surface area contributed by atoms with Crippen molar-refractivity contribution in [2.75, 3.05) is 6.54 Å². The van der Waals surface area contributed by atoms with Gasteiger partial charge in [0.15, 0.2) is 0 Å². The summed E-state index contributed by atoms with van der Waals surface area (Å²) in [7, 11) is 0. The number of nitrogens with one attached hydrogen (secondary N) is 1. The Balaban J connectivity index is 1.54. The molecule has 0 aliphatic heterocycles. The van der Waals surface area contributed by atoms with Crippen molar-refractivity contribution in [1.29, 1.82) is 0 Å². The zero-order valence-electron chi connectivity index (χ0n) is 14.6. The van der Waals surface area contributed by atoms with Crippen LogP contribution < -0.4 is 5.32 Å². The number of rotatable bonds is 7. The van der Waals surface area contributed by atoms with Crippen LogP contribution >= 0.6 is 11.8 Å². The maximum atomic E-state index is 12.3. The highest BCUT2D eigenvalue weighted by atomic mass is 32.2. The van der Waals surface area contributed by atoms with E-state index in [1.54, 1.807) is 6.33 Å². The van der Waals surface area contributed by atoms with Crippen molar-refractivity contribution >= 4 is 17.7 Å². The minimum atomic E-state index is -0.218. The fraction of sp³-hybridized carbons (Fsp3) is 0.190. The van der Waals surface area contributed by atoms with Crippen LogP contribution in [0.3, 0.4) is 0 Å². The SMILES string of the molecule is CC(Sc1cc(-c2ccccc2)ncn1)C(=O)NCCc1ccccc1. The van der Waals surface area contributed by atoms with Gasteiger partial charge in [0.1, 0.15) is 11.4 Å². The van der Waals surface area contributed by atoms with E-state index in [2.05, 4.69) is 27.4 Å². The molecular formula is C21H21N3OS. The number of aromatic nitrogens is 2. The summed E-state index contributed by atoms with van der Waals surface area (Å²) in [5.74, 6) is 0.0193. The number of benzene rings is 2. The Hall–Kier alpha value is -2.66. The molecule has 0 radical (unpaired) electrons. The Bertz CT molecular complexity index is 840. The molecule has 5 heteroatoms. The van der Waals surface area contributed by atoms with Gasteiger partial charge in [-0.3, -0.25) is 4.79 Å². The molecule has 4 nitrogen and oxygen atoms in total. The molecule has 3 rings (SSSR count). The number of thioether (sulfide) groups is 1. The number of hydrogen-bond donors (Lipinski definition) is 1. The van der Waals surface area contributed by atoms with E-state index in [-0.39, 0.29) is 11.2 Å². The second kappa shape index (κ2) is 9.15. The van der Waals surface area contributed by atoms with Gasteiger partial charge in [-0.05, 0) is 25.0 Å². The van der Waals surface area contributed by atoms with E-state index in [1.165, 1.54) is 17.3 Å². The van der Waals surface area contributed by atoms with Crippen LogP contribution in [0, 0.1) is 0 Å². The molecule has 1 atom stereocenters. The zero-order chi connectivity index (χ0) is 18.2. The van der Waals surface area contributed by atoms with Crippen molar-refractivity contribution in [2.45, 2.75) is 23.6 Å². The van der Waals surface area contributed by atoms with Crippen molar-refractivity contribution in [3.05, 3.63) is 78.6 Å². The Morgan fingerprint density at radius 1 is 1.04 bits per heavy atom. The molecule has 1 N–H and O–H groups in total. The summed E-state index contributed by atoms with van der Waals surface area (Å²) in [4.78, 5) is 20.9. The molecular weight excluding hydrogens is 342 g/mol. The highest BCUT2D eigenvalue weighted by molar-refractivity contribution is 8.00. The van der Waals surface area contributed by atoms with E-state index < -0.39 is 0 Å². The van der Waals surface area contributed by atoms with Gasteiger partial charge in [0.05, 0.1) is 10.9 Å². The number of amides is 1. The summed E-state index contributed by atoms with van der Waals surface area (Å²) >= 11 is 1.44. The van der Waals surface area contributed by atoms with Gasteiger partial charge in [-0.15, -0.1) is 0 Å². The second-order valence-electron chi connectivity index (χ2n) is 5.89. The van der Waals surface area contributed by atoms with E-state index in [9.17, 15) is 4.79 Å². The summed E-state index contributed by atoms with van der Waals surface area (Å²) in [6.07, 6.45) is 2.38. The molecule has 0 spiro atoms. The molecule has 3 aromatic rings. The van der Waals surface area contributed by atoms with Crippen LogP contribution in [0.25, 0.3) is 11.3 Å². The fourth-order valence-corrected chi connectivity index (χ4v) is 3.36. The lowest BCUT2D eigenvalue weighted by Crippen LogP contribution is -2.32. The minimum absolute atomic E-state index is 0.0193. The van der Waals surface area contributed by atoms with Crippen LogP contribution in [-0.2, 0) is 11.2 Å². The van der Waals surface area contributed by atoms with Crippen LogP contribution in [0.2, 0.25) is 0 Å². The highest BCUT2D eigenvalue weighted by Gasteiger charge is 2.15. The number of carbonyl (C=O) groups excluding carboxylic acids is 1. The molecule has 1 heterocycles.